The van der Waals surface area contributed by atoms with Crippen molar-refractivity contribution >= 4 is 7.82 Å². The maximum Gasteiger partial charge on any atom is 0.515 e. The first kappa shape index (κ1) is 14.8. The zero-order chi connectivity index (χ0) is 9.12. The number of hydrogen-bond donors (Lipinski definition) is 3. The third kappa shape index (κ3) is 8.42. The van der Waals surface area contributed by atoms with Crippen LogP contribution in [0, 0.1) is 0 Å². The number of phosphoric acid groups is 1. The van der Waals surface area contributed by atoms with Gasteiger partial charge < -0.3 is 17.5 Å². The van der Waals surface area contributed by atoms with E-state index < -0.39 is 7.82 Å². The van der Waals surface area contributed by atoms with Gasteiger partial charge in [0.15, 0.2) is 0 Å². The lowest BCUT2D eigenvalue weighted by Gasteiger charge is -2.24. The van der Waals surface area contributed by atoms with E-state index in [4.69, 9.17) is 14.9 Å². The Morgan fingerprint density at radius 3 is 2.08 bits per heavy atom. The normalized spacial score (nSPS) is 12.4. The van der Waals surface area contributed by atoms with Gasteiger partial charge in [-0.15, -0.1) is 0 Å². The highest BCUT2D eigenvalue weighted by molar-refractivity contribution is 7.46. The minimum Gasteiger partial charge on any atom is -1.00 e. The van der Waals surface area contributed by atoms with Crippen LogP contribution in [-0.2, 0) is 9.19 Å². The lowest BCUT2D eigenvalue weighted by atomic mass is 10.6. The number of rotatable bonds is 4. The summed E-state index contributed by atoms with van der Waals surface area (Å²) in [4.78, 5) is 16.7. The van der Waals surface area contributed by atoms with E-state index in [0.29, 0.717) is 0 Å². The van der Waals surface area contributed by atoms with Crippen molar-refractivity contribution in [2.45, 2.75) is 0 Å². The maximum atomic E-state index is 10.3. The van der Waals surface area contributed by atoms with Crippen LogP contribution in [0.2, 0.25) is 0 Å². The Morgan fingerprint density at radius 1 is 1.42 bits per heavy atom. The smallest absolute Gasteiger partial charge is 0.515 e. The van der Waals surface area contributed by atoms with Crippen molar-refractivity contribution in [1.29, 1.82) is 0 Å². The molecule has 0 aromatic rings. The number of aliphatic hydroxyl groups excluding tert-OH is 1. The first-order valence-electron chi connectivity index (χ1n) is 2.97. The van der Waals surface area contributed by atoms with Gasteiger partial charge in [-0.3, -0.25) is 9.79 Å². The average Bonchev–Trinajstić information content (AvgIpc) is 1.55. The molecule has 0 saturated heterocycles. The Kier molecular flexibility index (Phi) is 6.35. The third-order valence-electron chi connectivity index (χ3n) is 0.966. The van der Waals surface area contributed by atoms with Crippen molar-refractivity contribution in [3.8, 4) is 0 Å². The van der Waals surface area contributed by atoms with E-state index in [1.54, 1.807) is 0 Å². The summed E-state index contributed by atoms with van der Waals surface area (Å²) in [5.74, 6) is 0. The molecule has 0 aliphatic rings. The first-order chi connectivity index (χ1) is 4.77. The van der Waals surface area contributed by atoms with E-state index in [2.05, 4.69) is 4.62 Å². The van der Waals surface area contributed by atoms with E-state index in [9.17, 15) is 4.57 Å². The molecule has 6 nitrogen and oxygen atoms in total. The Labute approximate surface area is 77.0 Å². The molecule has 0 fully saturated rings. The van der Waals surface area contributed by atoms with Crippen LogP contribution in [0.3, 0.4) is 0 Å². The van der Waals surface area contributed by atoms with Gasteiger partial charge in [0.25, 0.3) is 0 Å². The van der Waals surface area contributed by atoms with Crippen LogP contribution in [0.15, 0.2) is 0 Å². The van der Waals surface area contributed by atoms with E-state index in [-0.39, 0.29) is 30.2 Å². The van der Waals surface area contributed by atoms with Gasteiger partial charge in [0.1, 0.15) is 6.54 Å². The fourth-order valence-electron chi connectivity index (χ4n) is 0.570. The molecule has 0 bridgehead atoms. The second kappa shape index (κ2) is 5.14. The summed E-state index contributed by atoms with van der Waals surface area (Å²) in [5, 5.41) is 8.45. The van der Waals surface area contributed by atoms with Gasteiger partial charge in [0, 0.05) is 0 Å². The van der Waals surface area contributed by atoms with Crippen LogP contribution in [0.4, 0.5) is 0 Å². The molecular formula is C4H13ClNO5P. The second-order valence-electron chi connectivity index (χ2n) is 2.59. The molecule has 0 radical (unpaired) electrons. The van der Waals surface area contributed by atoms with Gasteiger partial charge in [0.2, 0.25) is 0 Å². The standard InChI is InChI=1S/C4H12NO5P.ClH/c1-5(2,3-4-6)10-11(7,8)9;/h6H,3-4H2,1-2H3,(H-,7,8,9);1H. The minimum absolute atomic E-state index is 0. The number of aliphatic hydroxyl groups is 1. The molecule has 3 N–H and O–H groups in total. The summed E-state index contributed by atoms with van der Waals surface area (Å²) in [7, 11) is -1.58. The van der Waals surface area contributed by atoms with Crippen molar-refractivity contribution in [1.82, 2.24) is 0 Å². The molecule has 0 aromatic heterocycles. The lowest BCUT2D eigenvalue weighted by Crippen LogP contribution is -3.00. The fraction of sp³-hybridized carbons (Fsp3) is 1.00. The summed E-state index contributed by atoms with van der Waals surface area (Å²) in [5.41, 5.74) is 0. The highest BCUT2D eigenvalue weighted by Gasteiger charge is 2.29. The highest BCUT2D eigenvalue weighted by atomic mass is 35.5. The van der Waals surface area contributed by atoms with Crippen molar-refractivity contribution in [3.05, 3.63) is 0 Å². The summed E-state index contributed by atoms with van der Waals surface area (Å²) < 4.78 is 14.2. The SMILES string of the molecule is C[N+](C)(CCO)OP(=O)(O)O.[Cl-]. The predicted octanol–water partition coefficient (Wildman–Crippen LogP) is -3.92. The monoisotopic (exact) mass is 221 g/mol. The Bertz CT molecular complexity index is 169. The average molecular weight is 222 g/mol. The van der Waals surface area contributed by atoms with Crippen LogP contribution < -0.4 is 12.4 Å². The minimum atomic E-state index is -4.46. The van der Waals surface area contributed by atoms with E-state index in [1.165, 1.54) is 14.1 Å². The van der Waals surface area contributed by atoms with Crippen LogP contribution in [0.1, 0.15) is 0 Å². The van der Waals surface area contributed by atoms with Crippen molar-refractivity contribution in [2.75, 3.05) is 27.2 Å². The Balaban J connectivity index is 0. The summed E-state index contributed by atoms with van der Waals surface area (Å²) in [6.45, 7) is -0.0574. The predicted molar refractivity (Wildman–Crippen MR) is 37.2 cm³/mol. The van der Waals surface area contributed by atoms with Gasteiger partial charge in [-0.25, -0.2) is 4.57 Å². The molecular weight excluding hydrogens is 208 g/mol. The number of hydroxylamine groups is 3. The zero-order valence-electron chi connectivity index (χ0n) is 6.84. The topological polar surface area (TPSA) is 87.0 Å². The quantitative estimate of drug-likeness (QED) is 0.257. The van der Waals surface area contributed by atoms with Crippen molar-refractivity contribution in [3.63, 3.8) is 0 Å². The fourth-order valence-corrected chi connectivity index (χ4v) is 1.23. The van der Waals surface area contributed by atoms with Gasteiger partial charge in [-0.1, -0.05) is 4.62 Å². The molecule has 0 saturated carbocycles. The zero-order valence-corrected chi connectivity index (χ0v) is 8.50. The van der Waals surface area contributed by atoms with Crippen LogP contribution in [0.25, 0.3) is 0 Å². The van der Waals surface area contributed by atoms with E-state index in [1.807, 2.05) is 0 Å². The highest BCUT2D eigenvalue weighted by Crippen LogP contribution is 2.38. The molecule has 0 rings (SSSR count). The van der Waals surface area contributed by atoms with Crippen molar-refractivity contribution < 1.29 is 41.1 Å². The molecule has 76 valence electrons. The maximum absolute atomic E-state index is 10.3. The number of quaternary nitrogens is 1. The van der Waals surface area contributed by atoms with Crippen LogP contribution in [-0.4, -0.2) is 46.8 Å². The van der Waals surface area contributed by atoms with E-state index in [0.717, 1.165) is 0 Å². The summed E-state index contributed by atoms with van der Waals surface area (Å²) in [6, 6.07) is 0. The van der Waals surface area contributed by atoms with Gasteiger partial charge in [-0.05, 0) is 0 Å². The molecule has 0 spiro atoms. The van der Waals surface area contributed by atoms with Gasteiger partial charge in [0.05, 0.1) is 20.7 Å². The Hall–Kier alpha value is 0.320. The number of hydrogen-bond acceptors (Lipinski definition) is 3. The van der Waals surface area contributed by atoms with E-state index >= 15 is 0 Å². The molecule has 0 amide bonds. The summed E-state index contributed by atoms with van der Waals surface area (Å²) in [6.07, 6.45) is 0. The summed E-state index contributed by atoms with van der Waals surface area (Å²) >= 11 is 0. The molecule has 0 aliphatic heterocycles. The molecule has 8 heteroatoms. The van der Waals surface area contributed by atoms with Crippen molar-refractivity contribution in [2.24, 2.45) is 0 Å². The molecule has 0 aromatic carbocycles. The molecule has 0 aliphatic carbocycles. The first-order valence-corrected chi connectivity index (χ1v) is 4.50. The number of nitrogens with zero attached hydrogens (tertiary/aromatic N) is 1. The van der Waals surface area contributed by atoms with Crippen LogP contribution in [0.5, 0.6) is 0 Å². The second-order valence-corrected chi connectivity index (χ2v) is 3.74. The number of halogens is 1. The lowest BCUT2D eigenvalue weighted by molar-refractivity contribution is -1.05. The van der Waals surface area contributed by atoms with Crippen LogP contribution >= 0.6 is 7.82 Å². The number of likely N-dealkylation sites (N-methyl/N-ethyl adjacent to an activating group) is 1. The molecule has 0 heterocycles. The molecule has 0 unspecified atom stereocenters. The molecule has 12 heavy (non-hydrogen) atoms. The largest absolute Gasteiger partial charge is 1.00 e. The van der Waals surface area contributed by atoms with Gasteiger partial charge >= 0.3 is 7.82 Å². The Morgan fingerprint density at radius 2 is 1.83 bits per heavy atom. The van der Waals surface area contributed by atoms with Gasteiger partial charge in [-0.2, -0.15) is 4.65 Å². The third-order valence-corrected chi connectivity index (χ3v) is 1.62. The molecule has 0 atom stereocenters.